The Hall–Kier alpha value is -2.27. The van der Waals surface area contributed by atoms with Crippen LogP contribution in [0.3, 0.4) is 0 Å². The first-order valence-corrected chi connectivity index (χ1v) is 7.27. The standard InChI is InChI=1S/C16H17ClN2O3/c1-3-22-14-5-4-8-19(16(14)21)10-15(20)18-13-7-6-12(17)9-11(13)2/h4-9H,3,10H2,1-2H3,(H,18,20). The zero-order valence-electron chi connectivity index (χ0n) is 12.4. The van der Waals surface area contributed by atoms with Gasteiger partial charge in [0.15, 0.2) is 5.75 Å². The highest BCUT2D eigenvalue weighted by atomic mass is 35.5. The molecule has 0 radical (unpaired) electrons. The lowest BCUT2D eigenvalue weighted by atomic mass is 10.2. The molecule has 0 aliphatic carbocycles. The second kappa shape index (κ2) is 7.13. The maximum atomic E-state index is 12.1. The van der Waals surface area contributed by atoms with E-state index in [0.29, 0.717) is 17.3 Å². The van der Waals surface area contributed by atoms with E-state index in [2.05, 4.69) is 5.32 Å². The molecule has 0 unspecified atom stereocenters. The summed E-state index contributed by atoms with van der Waals surface area (Å²) in [6.45, 7) is 3.97. The van der Waals surface area contributed by atoms with Crippen LogP contribution in [0.2, 0.25) is 5.02 Å². The van der Waals surface area contributed by atoms with Gasteiger partial charge in [-0.3, -0.25) is 9.59 Å². The molecule has 22 heavy (non-hydrogen) atoms. The molecule has 1 heterocycles. The zero-order valence-corrected chi connectivity index (χ0v) is 13.2. The van der Waals surface area contributed by atoms with E-state index in [1.165, 1.54) is 4.57 Å². The summed E-state index contributed by atoms with van der Waals surface area (Å²) in [6.07, 6.45) is 1.55. The second-order valence-corrected chi connectivity index (χ2v) is 5.18. The molecule has 1 amide bonds. The fourth-order valence-corrected chi connectivity index (χ4v) is 2.24. The summed E-state index contributed by atoms with van der Waals surface area (Å²) in [5.74, 6) is -0.0540. The number of anilines is 1. The molecule has 0 aliphatic heterocycles. The van der Waals surface area contributed by atoms with Gasteiger partial charge in [-0.15, -0.1) is 0 Å². The van der Waals surface area contributed by atoms with Crippen molar-refractivity contribution in [2.45, 2.75) is 20.4 Å². The number of hydrogen-bond acceptors (Lipinski definition) is 3. The number of aromatic nitrogens is 1. The lowest BCUT2D eigenvalue weighted by Gasteiger charge is -2.11. The van der Waals surface area contributed by atoms with Crippen LogP contribution in [0, 0.1) is 6.92 Å². The van der Waals surface area contributed by atoms with Gasteiger partial charge < -0.3 is 14.6 Å². The van der Waals surface area contributed by atoms with Crippen molar-refractivity contribution in [1.29, 1.82) is 0 Å². The van der Waals surface area contributed by atoms with Crippen molar-refractivity contribution in [3.8, 4) is 5.75 Å². The Morgan fingerprint density at radius 2 is 2.14 bits per heavy atom. The van der Waals surface area contributed by atoms with Crippen molar-refractivity contribution < 1.29 is 9.53 Å². The van der Waals surface area contributed by atoms with E-state index in [0.717, 1.165) is 5.56 Å². The molecule has 0 bridgehead atoms. The van der Waals surface area contributed by atoms with Crippen LogP contribution in [0.15, 0.2) is 41.3 Å². The lowest BCUT2D eigenvalue weighted by Crippen LogP contribution is -2.28. The fourth-order valence-electron chi connectivity index (χ4n) is 2.02. The molecule has 6 heteroatoms. The van der Waals surface area contributed by atoms with Crippen molar-refractivity contribution in [1.82, 2.24) is 4.57 Å². The predicted molar refractivity (Wildman–Crippen MR) is 86.7 cm³/mol. The quantitative estimate of drug-likeness (QED) is 0.921. The molecule has 1 aromatic heterocycles. The Labute approximate surface area is 133 Å². The summed E-state index contributed by atoms with van der Waals surface area (Å²) in [7, 11) is 0. The number of carbonyl (C=O) groups excluding carboxylic acids is 1. The third-order valence-electron chi connectivity index (χ3n) is 3.06. The monoisotopic (exact) mass is 320 g/mol. The Kier molecular flexibility index (Phi) is 5.22. The van der Waals surface area contributed by atoms with E-state index in [-0.39, 0.29) is 23.8 Å². The number of halogens is 1. The number of rotatable bonds is 5. The van der Waals surface area contributed by atoms with Crippen LogP contribution >= 0.6 is 11.6 Å². The van der Waals surface area contributed by atoms with E-state index in [1.54, 1.807) is 43.5 Å². The molecule has 116 valence electrons. The minimum atomic E-state index is -0.327. The Bertz CT molecular complexity index is 740. The SMILES string of the molecule is CCOc1cccn(CC(=O)Nc2ccc(Cl)cc2C)c1=O. The van der Waals surface area contributed by atoms with E-state index in [1.807, 2.05) is 6.92 Å². The van der Waals surface area contributed by atoms with Crippen LogP contribution in [0.4, 0.5) is 5.69 Å². The van der Waals surface area contributed by atoms with Gasteiger partial charge >= 0.3 is 0 Å². The van der Waals surface area contributed by atoms with E-state index in [9.17, 15) is 9.59 Å². The molecule has 0 fully saturated rings. The molecule has 0 atom stereocenters. The third kappa shape index (κ3) is 3.89. The van der Waals surface area contributed by atoms with Crippen molar-refractivity contribution >= 4 is 23.2 Å². The zero-order chi connectivity index (χ0) is 16.1. The highest BCUT2D eigenvalue weighted by Crippen LogP contribution is 2.19. The van der Waals surface area contributed by atoms with Crippen LogP contribution in [-0.2, 0) is 11.3 Å². The maximum absolute atomic E-state index is 12.1. The summed E-state index contributed by atoms with van der Waals surface area (Å²) < 4.78 is 6.54. The number of nitrogens with one attached hydrogen (secondary N) is 1. The highest BCUT2D eigenvalue weighted by molar-refractivity contribution is 6.30. The van der Waals surface area contributed by atoms with Crippen LogP contribution < -0.4 is 15.6 Å². The molecule has 2 rings (SSSR count). The molecule has 0 spiro atoms. The number of benzene rings is 1. The average Bonchev–Trinajstić information content (AvgIpc) is 2.46. The largest absolute Gasteiger partial charge is 0.488 e. The van der Waals surface area contributed by atoms with Gasteiger partial charge in [-0.1, -0.05) is 11.6 Å². The minimum absolute atomic E-state index is 0.0815. The molecule has 0 saturated heterocycles. The van der Waals surface area contributed by atoms with Crippen LogP contribution in [0.5, 0.6) is 5.75 Å². The lowest BCUT2D eigenvalue weighted by molar-refractivity contribution is -0.116. The van der Waals surface area contributed by atoms with E-state index in [4.69, 9.17) is 16.3 Å². The summed E-state index contributed by atoms with van der Waals surface area (Å²) in [5.41, 5.74) is 1.20. The van der Waals surface area contributed by atoms with Gasteiger partial charge in [0, 0.05) is 16.9 Å². The number of nitrogens with zero attached hydrogens (tertiary/aromatic N) is 1. The van der Waals surface area contributed by atoms with Gasteiger partial charge in [0.1, 0.15) is 6.54 Å². The smallest absolute Gasteiger partial charge is 0.293 e. The topological polar surface area (TPSA) is 60.3 Å². The second-order valence-electron chi connectivity index (χ2n) is 4.75. The van der Waals surface area contributed by atoms with E-state index < -0.39 is 0 Å². The summed E-state index contributed by atoms with van der Waals surface area (Å²) in [4.78, 5) is 24.2. The van der Waals surface area contributed by atoms with E-state index >= 15 is 0 Å². The van der Waals surface area contributed by atoms with Crippen LogP contribution in [0.25, 0.3) is 0 Å². The first-order chi connectivity index (χ1) is 10.5. The minimum Gasteiger partial charge on any atom is -0.488 e. The summed E-state index contributed by atoms with van der Waals surface area (Å²) in [5, 5.41) is 3.37. The highest BCUT2D eigenvalue weighted by Gasteiger charge is 2.09. The van der Waals surface area contributed by atoms with Gasteiger partial charge in [0.05, 0.1) is 6.61 Å². The first-order valence-electron chi connectivity index (χ1n) is 6.89. The van der Waals surface area contributed by atoms with Crippen molar-refractivity contribution in [2.24, 2.45) is 0 Å². The number of carbonyl (C=O) groups is 1. The van der Waals surface area contributed by atoms with Gasteiger partial charge in [0.2, 0.25) is 5.91 Å². The molecule has 1 N–H and O–H groups in total. The first kappa shape index (κ1) is 16.1. The molecule has 1 aromatic carbocycles. The summed E-state index contributed by atoms with van der Waals surface area (Å²) in [6, 6.07) is 8.46. The van der Waals surface area contributed by atoms with Crippen molar-refractivity contribution in [3.63, 3.8) is 0 Å². The summed E-state index contributed by atoms with van der Waals surface area (Å²) >= 11 is 5.88. The molecule has 2 aromatic rings. The molecule has 5 nitrogen and oxygen atoms in total. The average molecular weight is 321 g/mol. The predicted octanol–water partition coefficient (Wildman–Crippen LogP) is 2.85. The maximum Gasteiger partial charge on any atom is 0.293 e. The van der Waals surface area contributed by atoms with Gasteiger partial charge in [-0.25, -0.2) is 0 Å². The molecule has 0 saturated carbocycles. The Morgan fingerprint density at radius 3 is 2.82 bits per heavy atom. The third-order valence-corrected chi connectivity index (χ3v) is 3.30. The van der Waals surface area contributed by atoms with Crippen molar-refractivity contribution in [2.75, 3.05) is 11.9 Å². The molecule has 0 aliphatic rings. The fraction of sp³-hybridized carbons (Fsp3) is 0.250. The Balaban J connectivity index is 2.12. The van der Waals surface area contributed by atoms with Gasteiger partial charge in [-0.05, 0) is 49.7 Å². The number of pyridine rings is 1. The number of amides is 1. The van der Waals surface area contributed by atoms with Crippen molar-refractivity contribution in [3.05, 3.63) is 57.5 Å². The number of hydrogen-bond donors (Lipinski definition) is 1. The van der Waals surface area contributed by atoms with Gasteiger partial charge in [-0.2, -0.15) is 0 Å². The Morgan fingerprint density at radius 1 is 1.36 bits per heavy atom. The molecular weight excluding hydrogens is 304 g/mol. The van der Waals surface area contributed by atoms with Crippen LogP contribution in [-0.4, -0.2) is 17.1 Å². The van der Waals surface area contributed by atoms with Crippen LogP contribution in [0.1, 0.15) is 12.5 Å². The molecular formula is C16H17ClN2O3. The number of aryl methyl sites for hydroxylation is 1. The number of ether oxygens (including phenoxy) is 1. The normalized spacial score (nSPS) is 10.3. The van der Waals surface area contributed by atoms with Gasteiger partial charge in [0.25, 0.3) is 5.56 Å².